The molecule has 26 heavy (non-hydrogen) atoms. The summed E-state index contributed by atoms with van der Waals surface area (Å²) in [5.74, 6) is 0.465. The first-order valence-electron chi connectivity index (χ1n) is 9.06. The van der Waals surface area contributed by atoms with Gasteiger partial charge < -0.3 is 4.90 Å². The second-order valence-electron chi connectivity index (χ2n) is 7.25. The van der Waals surface area contributed by atoms with Crippen molar-refractivity contribution in [1.29, 1.82) is 0 Å². The summed E-state index contributed by atoms with van der Waals surface area (Å²) in [6, 6.07) is 4.23. The van der Waals surface area contributed by atoms with Crippen molar-refractivity contribution in [2.24, 2.45) is 5.92 Å². The van der Waals surface area contributed by atoms with Crippen molar-refractivity contribution in [3.63, 3.8) is 0 Å². The molecule has 2 heterocycles. The molecule has 3 rings (SSSR count). The van der Waals surface area contributed by atoms with Gasteiger partial charge in [0.25, 0.3) is 0 Å². The Balaban J connectivity index is 1.74. The highest BCUT2D eigenvalue weighted by Crippen LogP contribution is 2.29. The number of aryl methyl sites for hydroxylation is 1. The third-order valence-corrected chi connectivity index (χ3v) is 4.81. The second-order valence-corrected chi connectivity index (χ2v) is 7.61. The van der Waals surface area contributed by atoms with Crippen LogP contribution in [-0.2, 0) is 17.9 Å². The van der Waals surface area contributed by atoms with Crippen LogP contribution in [0.1, 0.15) is 43.5 Å². The van der Waals surface area contributed by atoms with E-state index in [0.29, 0.717) is 23.7 Å². The minimum absolute atomic E-state index is 0.0105. The summed E-state index contributed by atoms with van der Waals surface area (Å²) >= 11 is 6.46. The Morgan fingerprint density at radius 3 is 2.69 bits per heavy atom. The van der Waals surface area contributed by atoms with E-state index in [-0.39, 0.29) is 5.91 Å². The van der Waals surface area contributed by atoms with E-state index in [2.05, 4.69) is 23.9 Å². The highest BCUT2D eigenvalue weighted by atomic mass is 35.5. The van der Waals surface area contributed by atoms with E-state index in [1.165, 1.54) is 0 Å². The van der Waals surface area contributed by atoms with Gasteiger partial charge >= 0.3 is 0 Å². The molecule has 0 saturated heterocycles. The molecule has 0 bridgehead atoms. The minimum Gasteiger partial charge on any atom is -0.332 e. The Hall–Kier alpha value is -2.14. The van der Waals surface area contributed by atoms with Gasteiger partial charge in [0.15, 0.2) is 0 Å². The Bertz CT molecular complexity index is 794. The largest absolute Gasteiger partial charge is 0.332 e. The quantitative estimate of drug-likeness (QED) is 0.687. The van der Waals surface area contributed by atoms with Crippen molar-refractivity contribution in [3.8, 4) is 0 Å². The van der Waals surface area contributed by atoms with Gasteiger partial charge in [-0.05, 0) is 49.5 Å². The van der Waals surface area contributed by atoms with Crippen LogP contribution in [0, 0.1) is 12.8 Å². The zero-order chi connectivity index (χ0) is 18.7. The maximum atomic E-state index is 12.8. The van der Waals surface area contributed by atoms with Gasteiger partial charge in [0, 0.05) is 43.2 Å². The van der Waals surface area contributed by atoms with Gasteiger partial charge in [-0.15, -0.1) is 0 Å². The topological polar surface area (TPSA) is 51.0 Å². The second kappa shape index (κ2) is 8.04. The van der Waals surface area contributed by atoms with Gasteiger partial charge in [-0.2, -0.15) is 5.10 Å². The van der Waals surface area contributed by atoms with Gasteiger partial charge in [0.2, 0.25) is 5.91 Å². The number of rotatable bonds is 7. The molecular formula is C20H25ClN4O. The highest BCUT2D eigenvalue weighted by molar-refractivity contribution is 6.31. The summed E-state index contributed by atoms with van der Waals surface area (Å²) in [5.41, 5.74) is 2.75. The predicted octanol–water partition coefficient (Wildman–Crippen LogP) is 4.10. The summed E-state index contributed by atoms with van der Waals surface area (Å²) < 4.78 is 1.81. The lowest BCUT2D eigenvalue weighted by molar-refractivity contribution is -0.127. The average Bonchev–Trinajstić information content (AvgIpc) is 3.40. The average molecular weight is 373 g/mol. The molecular weight excluding hydrogens is 348 g/mol. The van der Waals surface area contributed by atoms with Crippen molar-refractivity contribution in [1.82, 2.24) is 19.7 Å². The fourth-order valence-corrected chi connectivity index (χ4v) is 3.24. The van der Waals surface area contributed by atoms with Gasteiger partial charge in [-0.25, -0.2) is 0 Å². The number of halogens is 1. The lowest BCUT2D eigenvalue weighted by atomic mass is 10.2. The summed E-state index contributed by atoms with van der Waals surface area (Å²) in [6.07, 6.45) is 9.06. The molecule has 1 fully saturated rings. The van der Waals surface area contributed by atoms with E-state index < -0.39 is 0 Å². The Morgan fingerprint density at radius 1 is 1.38 bits per heavy atom. The fraction of sp³-hybridized carbons (Fsp3) is 0.450. The molecule has 1 saturated carbocycles. The molecule has 0 aromatic carbocycles. The number of nitrogens with zero attached hydrogens (tertiary/aromatic N) is 4. The molecule has 0 aliphatic heterocycles. The summed E-state index contributed by atoms with van der Waals surface area (Å²) in [5, 5.41) is 5.08. The summed E-state index contributed by atoms with van der Waals surface area (Å²) in [6.45, 7) is 7.54. The molecule has 138 valence electrons. The van der Waals surface area contributed by atoms with Gasteiger partial charge in [0.05, 0.1) is 5.69 Å². The Labute approximate surface area is 159 Å². The van der Waals surface area contributed by atoms with Crippen LogP contribution in [0.3, 0.4) is 0 Å². The molecule has 1 aliphatic rings. The molecule has 6 heteroatoms. The SMILES string of the molecule is Cc1nn(CC(C)C)c(Cl)c1/C=C/C(=O)N(Cc1ccncc1)C1CC1. The van der Waals surface area contributed by atoms with Crippen LogP contribution >= 0.6 is 11.6 Å². The Kier molecular flexibility index (Phi) is 5.77. The van der Waals surface area contributed by atoms with Gasteiger partial charge in [0.1, 0.15) is 5.15 Å². The first-order chi connectivity index (χ1) is 12.5. The van der Waals surface area contributed by atoms with E-state index >= 15 is 0 Å². The van der Waals surface area contributed by atoms with Crippen LogP contribution in [-0.4, -0.2) is 31.6 Å². The molecule has 0 spiro atoms. The van der Waals surface area contributed by atoms with Crippen molar-refractivity contribution >= 4 is 23.6 Å². The van der Waals surface area contributed by atoms with Crippen molar-refractivity contribution in [3.05, 3.63) is 52.6 Å². The summed E-state index contributed by atoms with van der Waals surface area (Å²) in [7, 11) is 0. The zero-order valence-electron chi connectivity index (χ0n) is 15.5. The number of hydrogen-bond acceptors (Lipinski definition) is 3. The van der Waals surface area contributed by atoms with Crippen LogP contribution in [0.25, 0.3) is 6.08 Å². The van der Waals surface area contributed by atoms with E-state index in [1.54, 1.807) is 29.2 Å². The fourth-order valence-electron chi connectivity index (χ4n) is 2.93. The van der Waals surface area contributed by atoms with E-state index in [0.717, 1.165) is 36.2 Å². The molecule has 1 aliphatic carbocycles. The minimum atomic E-state index is 0.0105. The van der Waals surface area contributed by atoms with E-state index in [9.17, 15) is 4.79 Å². The Morgan fingerprint density at radius 2 is 2.08 bits per heavy atom. The van der Waals surface area contributed by atoms with Crippen LogP contribution in [0.5, 0.6) is 0 Å². The van der Waals surface area contributed by atoms with Crippen molar-refractivity contribution in [2.45, 2.75) is 52.7 Å². The first kappa shape index (κ1) is 18.6. The lowest BCUT2D eigenvalue weighted by Crippen LogP contribution is -2.31. The highest BCUT2D eigenvalue weighted by Gasteiger charge is 2.31. The molecule has 5 nitrogen and oxygen atoms in total. The molecule has 0 radical (unpaired) electrons. The predicted molar refractivity (Wildman–Crippen MR) is 104 cm³/mol. The van der Waals surface area contributed by atoms with Crippen molar-refractivity contribution < 1.29 is 4.79 Å². The van der Waals surface area contributed by atoms with Crippen molar-refractivity contribution in [2.75, 3.05) is 0 Å². The number of pyridine rings is 1. The monoisotopic (exact) mass is 372 g/mol. The van der Waals surface area contributed by atoms with Crippen LogP contribution in [0.15, 0.2) is 30.6 Å². The standard InChI is InChI=1S/C20H25ClN4O/c1-14(2)12-25-20(21)18(15(3)23-25)6-7-19(26)24(17-4-5-17)13-16-8-10-22-11-9-16/h6-11,14,17H,4-5,12-13H2,1-3H3/b7-6+. The molecule has 2 aromatic rings. The van der Waals surface area contributed by atoms with Crippen LogP contribution < -0.4 is 0 Å². The van der Waals surface area contributed by atoms with E-state index in [4.69, 9.17) is 11.6 Å². The van der Waals surface area contributed by atoms with Crippen LogP contribution in [0.4, 0.5) is 0 Å². The van der Waals surface area contributed by atoms with Gasteiger partial charge in [-0.1, -0.05) is 25.4 Å². The third-order valence-electron chi connectivity index (χ3n) is 4.41. The first-order valence-corrected chi connectivity index (χ1v) is 9.44. The lowest BCUT2D eigenvalue weighted by Gasteiger charge is -2.20. The molecule has 1 amide bonds. The van der Waals surface area contributed by atoms with Crippen LogP contribution in [0.2, 0.25) is 5.15 Å². The van der Waals surface area contributed by atoms with E-state index in [1.807, 2.05) is 24.0 Å². The zero-order valence-corrected chi connectivity index (χ0v) is 16.3. The number of aromatic nitrogens is 3. The number of hydrogen-bond donors (Lipinski definition) is 0. The maximum absolute atomic E-state index is 12.8. The number of carbonyl (C=O) groups is 1. The number of amides is 1. The maximum Gasteiger partial charge on any atom is 0.247 e. The normalized spacial score (nSPS) is 14.3. The third kappa shape index (κ3) is 4.52. The molecule has 0 N–H and O–H groups in total. The number of carbonyl (C=O) groups excluding carboxylic acids is 1. The molecule has 0 unspecified atom stereocenters. The van der Waals surface area contributed by atoms with Gasteiger partial charge in [-0.3, -0.25) is 14.5 Å². The molecule has 2 aromatic heterocycles. The molecule has 0 atom stereocenters. The summed E-state index contributed by atoms with van der Waals surface area (Å²) in [4.78, 5) is 18.7. The smallest absolute Gasteiger partial charge is 0.247 e.